The lowest BCUT2D eigenvalue weighted by Crippen LogP contribution is -2.51. The molecule has 2 aromatic rings. The molecule has 2 heterocycles. The van der Waals surface area contributed by atoms with Crippen molar-refractivity contribution in [1.29, 1.82) is 0 Å². The molecule has 1 aromatic heterocycles. The summed E-state index contributed by atoms with van der Waals surface area (Å²) in [6.07, 6.45) is 7.05. The van der Waals surface area contributed by atoms with E-state index in [1.807, 2.05) is 43.2 Å². The Balaban J connectivity index is 1.43. The van der Waals surface area contributed by atoms with Crippen LogP contribution in [0.1, 0.15) is 28.9 Å². The van der Waals surface area contributed by atoms with Gasteiger partial charge in [-0.25, -0.2) is 9.97 Å². The Morgan fingerprint density at radius 2 is 2.04 bits per heavy atom. The molecule has 1 fully saturated rings. The van der Waals surface area contributed by atoms with Crippen molar-refractivity contribution in [3.05, 3.63) is 53.1 Å². The second-order valence-electron chi connectivity index (χ2n) is 7.44. The highest BCUT2D eigenvalue weighted by atomic mass is 32.2. The Hall–Kier alpha value is -1.59. The van der Waals surface area contributed by atoms with Gasteiger partial charge >= 0.3 is 0 Å². The number of thioether (sulfide) groups is 1. The van der Waals surface area contributed by atoms with Gasteiger partial charge in [-0.05, 0) is 61.9 Å². The normalized spacial score (nSPS) is 26.1. The summed E-state index contributed by atoms with van der Waals surface area (Å²) in [7, 11) is 2.25. The minimum atomic E-state index is 0.474. The molecule has 1 aromatic carbocycles. The van der Waals surface area contributed by atoms with E-state index < -0.39 is 0 Å². The van der Waals surface area contributed by atoms with Crippen LogP contribution in [0, 0.1) is 12.8 Å². The second-order valence-corrected chi connectivity index (χ2v) is 8.72. The molecule has 0 bridgehead atoms. The van der Waals surface area contributed by atoms with Gasteiger partial charge in [0, 0.05) is 30.2 Å². The van der Waals surface area contributed by atoms with Crippen LogP contribution in [-0.4, -0.2) is 44.9 Å². The van der Waals surface area contributed by atoms with Crippen molar-refractivity contribution in [2.75, 3.05) is 13.6 Å². The minimum absolute atomic E-state index is 0.474. The van der Waals surface area contributed by atoms with Crippen LogP contribution in [0.25, 0.3) is 0 Å². The SMILES string of the molecule is Cc1cnc(CSC2CC3Cc4c(O)cccc4CC3N(C)C2)nc1. The van der Waals surface area contributed by atoms with E-state index in [0.717, 1.165) is 36.5 Å². The molecular formula is C20H25N3OS. The average molecular weight is 356 g/mol. The lowest BCUT2D eigenvalue weighted by atomic mass is 9.75. The highest BCUT2D eigenvalue weighted by molar-refractivity contribution is 7.99. The first-order valence-corrected chi connectivity index (χ1v) is 10.0. The molecule has 132 valence electrons. The van der Waals surface area contributed by atoms with E-state index >= 15 is 0 Å². The first kappa shape index (κ1) is 16.9. The highest BCUT2D eigenvalue weighted by Gasteiger charge is 2.38. The third-order valence-corrected chi connectivity index (χ3v) is 6.83. The Morgan fingerprint density at radius 3 is 2.84 bits per heavy atom. The fourth-order valence-electron chi connectivity index (χ4n) is 4.27. The quantitative estimate of drug-likeness (QED) is 0.916. The zero-order valence-corrected chi connectivity index (χ0v) is 15.7. The minimum Gasteiger partial charge on any atom is -0.508 e. The number of aromatic hydroxyl groups is 1. The van der Waals surface area contributed by atoms with E-state index in [-0.39, 0.29) is 0 Å². The number of benzene rings is 1. The number of hydrogen-bond acceptors (Lipinski definition) is 5. The predicted octanol–water partition coefficient (Wildman–Crippen LogP) is 3.21. The molecule has 1 aliphatic carbocycles. The van der Waals surface area contributed by atoms with Crippen molar-refractivity contribution >= 4 is 11.8 Å². The van der Waals surface area contributed by atoms with Crippen LogP contribution in [0.2, 0.25) is 0 Å². The monoisotopic (exact) mass is 355 g/mol. The van der Waals surface area contributed by atoms with Gasteiger partial charge in [0.25, 0.3) is 0 Å². The summed E-state index contributed by atoms with van der Waals surface area (Å²) in [4.78, 5) is 11.4. The zero-order valence-electron chi connectivity index (χ0n) is 14.9. The fourth-order valence-corrected chi connectivity index (χ4v) is 5.53. The highest BCUT2D eigenvalue weighted by Crippen LogP contribution is 2.40. The molecule has 4 rings (SSSR count). The van der Waals surface area contributed by atoms with Gasteiger partial charge in [0.1, 0.15) is 11.6 Å². The standard InChI is InChI=1S/C20H25N3OS/c1-13-9-21-20(22-10-13)12-25-16-6-15-7-17-14(4-3-5-19(17)24)8-18(15)23(2)11-16/h3-5,9-10,15-16,18,24H,6-8,11-12H2,1-2H3. The summed E-state index contributed by atoms with van der Waals surface area (Å²) in [5, 5.41) is 10.8. The van der Waals surface area contributed by atoms with E-state index in [9.17, 15) is 5.11 Å². The van der Waals surface area contributed by atoms with E-state index in [1.165, 1.54) is 17.5 Å². The van der Waals surface area contributed by atoms with Crippen LogP contribution in [0.4, 0.5) is 0 Å². The first-order valence-electron chi connectivity index (χ1n) is 8.99. The van der Waals surface area contributed by atoms with Gasteiger partial charge < -0.3 is 10.0 Å². The lowest BCUT2D eigenvalue weighted by Gasteiger charge is -2.46. The molecule has 1 saturated heterocycles. The van der Waals surface area contributed by atoms with Gasteiger partial charge in [0.2, 0.25) is 0 Å². The largest absolute Gasteiger partial charge is 0.508 e. The van der Waals surface area contributed by atoms with Crippen LogP contribution >= 0.6 is 11.8 Å². The molecule has 5 heteroatoms. The van der Waals surface area contributed by atoms with E-state index in [4.69, 9.17) is 0 Å². The third kappa shape index (κ3) is 3.53. The molecule has 1 N–H and O–H groups in total. The van der Waals surface area contributed by atoms with Gasteiger partial charge in [-0.3, -0.25) is 0 Å². The van der Waals surface area contributed by atoms with Crippen LogP contribution in [0.5, 0.6) is 5.75 Å². The van der Waals surface area contributed by atoms with Crippen molar-refractivity contribution in [3.63, 3.8) is 0 Å². The van der Waals surface area contributed by atoms with E-state index in [2.05, 4.69) is 28.0 Å². The Morgan fingerprint density at radius 1 is 1.24 bits per heavy atom. The average Bonchev–Trinajstić information content (AvgIpc) is 2.61. The van der Waals surface area contributed by atoms with Gasteiger partial charge in [-0.1, -0.05) is 12.1 Å². The maximum Gasteiger partial charge on any atom is 0.138 e. The zero-order chi connectivity index (χ0) is 17.4. The maximum atomic E-state index is 10.2. The molecule has 3 atom stereocenters. The maximum absolute atomic E-state index is 10.2. The molecule has 0 saturated carbocycles. The van der Waals surface area contributed by atoms with Gasteiger partial charge in [0.15, 0.2) is 0 Å². The van der Waals surface area contributed by atoms with Gasteiger partial charge in [-0.2, -0.15) is 0 Å². The van der Waals surface area contributed by atoms with Crippen LogP contribution in [0.15, 0.2) is 30.6 Å². The Kier molecular flexibility index (Phi) is 4.69. The Labute approximate surface area is 153 Å². The fraction of sp³-hybridized carbons (Fsp3) is 0.500. The number of phenols is 1. The molecule has 2 aliphatic rings. The topological polar surface area (TPSA) is 49.3 Å². The second kappa shape index (κ2) is 6.96. The summed E-state index contributed by atoms with van der Waals surface area (Å²) < 4.78 is 0. The summed E-state index contributed by atoms with van der Waals surface area (Å²) in [5.74, 6) is 2.89. The van der Waals surface area contributed by atoms with Crippen molar-refractivity contribution < 1.29 is 5.11 Å². The van der Waals surface area contributed by atoms with Crippen LogP contribution in [-0.2, 0) is 18.6 Å². The van der Waals surface area contributed by atoms with Crippen LogP contribution in [0.3, 0.4) is 0 Å². The number of aromatic nitrogens is 2. The van der Waals surface area contributed by atoms with Crippen molar-refractivity contribution in [2.24, 2.45) is 5.92 Å². The number of aryl methyl sites for hydroxylation is 1. The van der Waals surface area contributed by atoms with E-state index in [0.29, 0.717) is 23.0 Å². The number of hydrogen-bond donors (Lipinski definition) is 1. The van der Waals surface area contributed by atoms with Crippen LogP contribution < -0.4 is 0 Å². The number of fused-ring (bicyclic) bond motifs is 2. The van der Waals surface area contributed by atoms with Crippen molar-refractivity contribution in [1.82, 2.24) is 14.9 Å². The summed E-state index contributed by atoms with van der Waals surface area (Å²) >= 11 is 1.97. The third-order valence-electron chi connectivity index (χ3n) is 5.59. The molecule has 4 nitrogen and oxygen atoms in total. The molecule has 1 aliphatic heterocycles. The predicted molar refractivity (Wildman–Crippen MR) is 102 cm³/mol. The molecule has 0 spiro atoms. The molecular weight excluding hydrogens is 330 g/mol. The summed E-state index contributed by atoms with van der Waals surface area (Å²) in [5.41, 5.74) is 3.60. The number of likely N-dealkylation sites (tertiary alicyclic amines) is 1. The lowest BCUT2D eigenvalue weighted by molar-refractivity contribution is 0.116. The number of rotatable bonds is 3. The Bertz CT molecular complexity index is 749. The molecule has 0 amide bonds. The molecule has 25 heavy (non-hydrogen) atoms. The smallest absolute Gasteiger partial charge is 0.138 e. The first-order chi connectivity index (χ1) is 12.1. The van der Waals surface area contributed by atoms with Crippen molar-refractivity contribution in [2.45, 2.75) is 43.2 Å². The van der Waals surface area contributed by atoms with E-state index in [1.54, 1.807) is 0 Å². The van der Waals surface area contributed by atoms with Crippen molar-refractivity contribution in [3.8, 4) is 5.75 Å². The number of phenolic OH excluding ortho intramolecular Hbond substituents is 1. The molecule has 3 unspecified atom stereocenters. The number of likely N-dealkylation sites (N-methyl/N-ethyl adjacent to an activating group) is 1. The number of piperidine rings is 1. The summed E-state index contributed by atoms with van der Waals surface area (Å²) in [6, 6.07) is 6.57. The van der Waals surface area contributed by atoms with Gasteiger partial charge in [-0.15, -0.1) is 11.8 Å². The number of nitrogens with zero attached hydrogens (tertiary/aromatic N) is 3. The summed E-state index contributed by atoms with van der Waals surface area (Å²) in [6.45, 7) is 3.13. The van der Waals surface area contributed by atoms with Gasteiger partial charge in [0.05, 0.1) is 5.75 Å². The molecule has 0 radical (unpaired) electrons.